The Bertz CT molecular complexity index is 1250. The summed E-state index contributed by atoms with van der Waals surface area (Å²) in [6, 6.07) is 17.6. The maximum Gasteiger partial charge on any atom is 0.416 e. The molecule has 3 aromatic carbocycles. The predicted octanol–water partition coefficient (Wildman–Crippen LogP) is 6.82. The largest absolute Gasteiger partial charge is 0.416 e. The lowest BCUT2D eigenvalue weighted by atomic mass is 9.78. The third-order valence-corrected chi connectivity index (χ3v) is 6.23. The van der Waals surface area contributed by atoms with Crippen LogP contribution >= 0.6 is 0 Å². The maximum absolute atomic E-state index is 13.9. The Morgan fingerprint density at radius 1 is 0.818 bits per heavy atom. The van der Waals surface area contributed by atoms with E-state index in [1.165, 1.54) is 24.3 Å². The van der Waals surface area contributed by atoms with E-state index in [4.69, 9.17) is 0 Å². The van der Waals surface area contributed by atoms with Crippen molar-refractivity contribution >= 4 is 17.2 Å². The number of Topliss-reactive ketones (excluding diaryl/α,β-unsaturated/α-hetero) is 1. The molecular formula is C26H20F4N2O. The van der Waals surface area contributed by atoms with E-state index < -0.39 is 17.8 Å². The molecule has 168 valence electrons. The first-order valence-corrected chi connectivity index (χ1v) is 10.6. The summed E-state index contributed by atoms with van der Waals surface area (Å²) in [5.41, 5.74) is 2.23. The number of hydrogen-bond acceptors (Lipinski definition) is 3. The van der Waals surface area contributed by atoms with Crippen LogP contribution in [-0.4, -0.2) is 5.78 Å². The van der Waals surface area contributed by atoms with Crippen LogP contribution in [0.25, 0.3) is 0 Å². The normalized spacial score (nSPS) is 20.3. The number of ketones is 1. The van der Waals surface area contributed by atoms with Gasteiger partial charge < -0.3 is 10.6 Å². The summed E-state index contributed by atoms with van der Waals surface area (Å²) in [6.07, 6.45) is -4.01. The summed E-state index contributed by atoms with van der Waals surface area (Å²) < 4.78 is 55.0. The molecule has 1 aliphatic heterocycles. The minimum atomic E-state index is -4.56. The highest BCUT2D eigenvalue weighted by Gasteiger charge is 2.40. The van der Waals surface area contributed by atoms with Gasteiger partial charge in [-0.25, -0.2) is 4.39 Å². The number of halogens is 4. The molecule has 1 heterocycles. The Morgan fingerprint density at radius 3 is 2.21 bits per heavy atom. The fourth-order valence-corrected chi connectivity index (χ4v) is 4.70. The van der Waals surface area contributed by atoms with Crippen molar-refractivity contribution in [3.63, 3.8) is 0 Å². The van der Waals surface area contributed by atoms with E-state index in [0.29, 0.717) is 29.1 Å². The quantitative estimate of drug-likeness (QED) is 0.419. The molecule has 7 heteroatoms. The predicted molar refractivity (Wildman–Crippen MR) is 118 cm³/mol. The molecular weight excluding hydrogens is 432 g/mol. The van der Waals surface area contributed by atoms with Crippen LogP contribution in [0.2, 0.25) is 0 Å². The number of hydrogen-bond donors (Lipinski definition) is 2. The number of carbonyl (C=O) groups is 1. The molecule has 0 spiro atoms. The molecule has 0 saturated heterocycles. The van der Waals surface area contributed by atoms with Gasteiger partial charge in [0, 0.05) is 17.7 Å². The summed E-state index contributed by atoms with van der Waals surface area (Å²) in [4.78, 5) is 13.4. The van der Waals surface area contributed by atoms with E-state index >= 15 is 0 Å². The Balaban J connectivity index is 1.65. The van der Waals surface area contributed by atoms with Gasteiger partial charge in [-0.3, -0.25) is 4.79 Å². The highest BCUT2D eigenvalue weighted by Crippen LogP contribution is 2.46. The van der Waals surface area contributed by atoms with Crippen LogP contribution in [0.5, 0.6) is 0 Å². The highest BCUT2D eigenvalue weighted by molar-refractivity contribution is 6.01. The van der Waals surface area contributed by atoms with Crippen molar-refractivity contribution in [3.05, 3.63) is 107 Å². The Morgan fingerprint density at radius 2 is 1.48 bits per heavy atom. The second-order valence-corrected chi connectivity index (χ2v) is 8.31. The number of carbonyl (C=O) groups excluding carboxylic acids is 1. The van der Waals surface area contributed by atoms with E-state index in [9.17, 15) is 22.4 Å². The summed E-state index contributed by atoms with van der Waals surface area (Å²) in [5.74, 6) is -0.802. The molecule has 0 fully saturated rings. The Hall–Kier alpha value is -3.61. The van der Waals surface area contributed by atoms with Gasteiger partial charge in [0.1, 0.15) is 5.82 Å². The Kier molecular flexibility index (Phi) is 5.19. The number of anilines is 2. The standard InChI is InChI=1S/C26H20F4N2O/c27-17-11-9-15(10-12-17)16-13-22-24(23(33)14-16)25(32-21-8-4-3-7-20(21)31-22)18-5-1-2-6-19(18)26(28,29)30/h1-12,16,25,31-32H,13-14H2. The highest BCUT2D eigenvalue weighted by atomic mass is 19.4. The summed E-state index contributed by atoms with van der Waals surface area (Å²) >= 11 is 0. The monoisotopic (exact) mass is 452 g/mol. The van der Waals surface area contributed by atoms with Crippen molar-refractivity contribution in [2.45, 2.75) is 31.0 Å². The van der Waals surface area contributed by atoms with E-state index in [2.05, 4.69) is 10.6 Å². The summed E-state index contributed by atoms with van der Waals surface area (Å²) in [5, 5.41) is 6.49. The van der Waals surface area contributed by atoms with Crippen molar-refractivity contribution in [3.8, 4) is 0 Å². The zero-order valence-electron chi connectivity index (χ0n) is 17.4. The van der Waals surface area contributed by atoms with E-state index in [1.54, 1.807) is 30.3 Å². The van der Waals surface area contributed by atoms with Gasteiger partial charge in [-0.05, 0) is 53.8 Å². The van der Waals surface area contributed by atoms with Gasteiger partial charge in [0.2, 0.25) is 0 Å². The molecule has 3 nitrogen and oxygen atoms in total. The molecule has 0 saturated carbocycles. The van der Waals surface area contributed by atoms with Crippen LogP contribution in [0.3, 0.4) is 0 Å². The van der Waals surface area contributed by atoms with Crippen LogP contribution < -0.4 is 10.6 Å². The Labute approximate surface area is 188 Å². The molecule has 0 bridgehead atoms. The second-order valence-electron chi connectivity index (χ2n) is 8.31. The number of allylic oxidation sites excluding steroid dienone is 1. The van der Waals surface area contributed by atoms with Crippen molar-refractivity contribution in [1.82, 2.24) is 0 Å². The lowest BCUT2D eigenvalue weighted by molar-refractivity contribution is -0.138. The van der Waals surface area contributed by atoms with Crippen LogP contribution in [-0.2, 0) is 11.0 Å². The fourth-order valence-electron chi connectivity index (χ4n) is 4.70. The van der Waals surface area contributed by atoms with Gasteiger partial charge in [0.15, 0.2) is 5.78 Å². The molecule has 2 N–H and O–H groups in total. The summed E-state index contributed by atoms with van der Waals surface area (Å²) in [7, 11) is 0. The lowest BCUT2D eigenvalue weighted by Crippen LogP contribution is -2.28. The third-order valence-electron chi connectivity index (χ3n) is 6.23. The number of para-hydroxylation sites is 2. The van der Waals surface area contributed by atoms with Gasteiger partial charge in [0.25, 0.3) is 0 Å². The van der Waals surface area contributed by atoms with E-state index in [0.717, 1.165) is 11.6 Å². The third kappa shape index (κ3) is 3.99. The van der Waals surface area contributed by atoms with E-state index in [-0.39, 0.29) is 29.5 Å². The summed E-state index contributed by atoms with van der Waals surface area (Å²) in [6.45, 7) is 0. The van der Waals surface area contributed by atoms with Crippen LogP contribution in [0.15, 0.2) is 84.1 Å². The second kappa shape index (κ2) is 8.06. The van der Waals surface area contributed by atoms with Crippen molar-refractivity contribution in [2.75, 3.05) is 10.6 Å². The van der Waals surface area contributed by atoms with Crippen molar-refractivity contribution in [2.24, 2.45) is 0 Å². The van der Waals surface area contributed by atoms with Crippen molar-refractivity contribution in [1.29, 1.82) is 0 Å². The number of benzene rings is 3. The zero-order valence-corrected chi connectivity index (χ0v) is 17.4. The molecule has 0 aromatic heterocycles. The number of nitrogens with one attached hydrogen (secondary N) is 2. The number of alkyl halides is 3. The van der Waals surface area contributed by atoms with Gasteiger partial charge in [0.05, 0.1) is 23.0 Å². The van der Waals surface area contributed by atoms with Crippen LogP contribution in [0, 0.1) is 5.82 Å². The molecule has 1 aliphatic carbocycles. The van der Waals surface area contributed by atoms with Gasteiger partial charge in [-0.15, -0.1) is 0 Å². The van der Waals surface area contributed by atoms with E-state index in [1.807, 2.05) is 12.1 Å². The first kappa shape index (κ1) is 21.2. The van der Waals surface area contributed by atoms with Gasteiger partial charge >= 0.3 is 6.18 Å². The van der Waals surface area contributed by atoms with Gasteiger partial charge in [-0.2, -0.15) is 13.2 Å². The number of rotatable bonds is 2. The zero-order chi connectivity index (χ0) is 23.2. The molecule has 0 radical (unpaired) electrons. The van der Waals surface area contributed by atoms with Crippen molar-refractivity contribution < 1.29 is 22.4 Å². The average molecular weight is 452 g/mol. The first-order chi connectivity index (χ1) is 15.8. The topological polar surface area (TPSA) is 41.1 Å². The average Bonchev–Trinajstić information content (AvgIpc) is 2.96. The first-order valence-electron chi connectivity index (χ1n) is 10.6. The van der Waals surface area contributed by atoms with Crippen LogP contribution in [0.1, 0.15) is 41.5 Å². The molecule has 2 unspecified atom stereocenters. The van der Waals surface area contributed by atoms with Crippen LogP contribution in [0.4, 0.5) is 28.9 Å². The fraction of sp³-hybridized carbons (Fsp3) is 0.192. The lowest BCUT2D eigenvalue weighted by Gasteiger charge is -2.31. The maximum atomic E-state index is 13.9. The molecule has 5 rings (SSSR count). The SMILES string of the molecule is O=C1CC(c2ccc(F)cc2)CC2=C1C(c1ccccc1C(F)(F)F)Nc1ccccc1N2. The molecule has 2 aliphatic rings. The van der Waals surface area contributed by atoms with Gasteiger partial charge in [-0.1, -0.05) is 42.5 Å². The minimum absolute atomic E-state index is 0.00425. The molecule has 0 amide bonds. The number of fused-ring (bicyclic) bond motifs is 1. The molecule has 2 atom stereocenters. The minimum Gasteiger partial charge on any atom is -0.372 e. The molecule has 3 aromatic rings. The molecule has 33 heavy (non-hydrogen) atoms. The smallest absolute Gasteiger partial charge is 0.372 e.